The molecule has 0 aliphatic heterocycles. The van der Waals surface area contributed by atoms with E-state index < -0.39 is 0 Å². The van der Waals surface area contributed by atoms with Crippen LogP contribution in [0.3, 0.4) is 0 Å². The summed E-state index contributed by atoms with van der Waals surface area (Å²) in [6.45, 7) is 3.91. The zero-order valence-electron chi connectivity index (χ0n) is 10.6. The summed E-state index contributed by atoms with van der Waals surface area (Å²) < 4.78 is 2.76. The molecule has 0 spiro atoms. The largest absolute Gasteiger partial charge is 0.302 e. The summed E-state index contributed by atoms with van der Waals surface area (Å²) in [7, 11) is 1.62. The summed E-state index contributed by atoms with van der Waals surface area (Å²) in [5.41, 5.74) is 0.384. The van der Waals surface area contributed by atoms with E-state index >= 15 is 0 Å². The van der Waals surface area contributed by atoms with Gasteiger partial charge in [0.05, 0.1) is 6.33 Å². The van der Waals surface area contributed by atoms with Crippen LogP contribution in [0.5, 0.6) is 0 Å². The van der Waals surface area contributed by atoms with Crippen LogP contribution < -0.4 is 11.1 Å². The Bertz CT molecular complexity index is 683. The van der Waals surface area contributed by atoms with Crippen molar-refractivity contribution in [1.29, 1.82) is 0 Å². The molecule has 0 aromatic carbocycles. The first-order valence-electron chi connectivity index (χ1n) is 5.75. The smallest absolute Gasteiger partial charge is 0.259 e. The van der Waals surface area contributed by atoms with Crippen LogP contribution >= 0.6 is 0 Å². The van der Waals surface area contributed by atoms with E-state index in [0.29, 0.717) is 11.4 Å². The average molecular weight is 245 g/mol. The van der Waals surface area contributed by atoms with Gasteiger partial charge in [-0.1, -0.05) is 19.9 Å². The third kappa shape index (κ3) is 2.11. The Labute approximate surface area is 104 Å². The predicted molar refractivity (Wildman–Crippen MR) is 69.2 cm³/mol. The van der Waals surface area contributed by atoms with Crippen molar-refractivity contribution in [2.45, 2.75) is 19.8 Å². The lowest BCUT2D eigenvalue weighted by Gasteiger charge is -2.09. The van der Waals surface area contributed by atoms with Crippen LogP contribution in [-0.2, 0) is 7.05 Å². The van der Waals surface area contributed by atoms with Crippen LogP contribution in [0, 0.1) is 0 Å². The third-order valence-electron chi connectivity index (χ3n) is 2.81. The van der Waals surface area contributed by atoms with Crippen molar-refractivity contribution in [3.63, 3.8) is 0 Å². The molecule has 0 radical (unpaired) electrons. The fourth-order valence-corrected chi connectivity index (χ4v) is 1.71. The molecule has 2 rings (SSSR count). The first-order chi connectivity index (χ1) is 8.50. The van der Waals surface area contributed by atoms with E-state index in [2.05, 4.69) is 4.98 Å². The molecule has 2 aromatic rings. The van der Waals surface area contributed by atoms with Gasteiger partial charge in [-0.15, -0.1) is 0 Å². The second kappa shape index (κ2) is 4.60. The topological polar surface area (TPSA) is 56.9 Å². The first-order valence-corrected chi connectivity index (χ1v) is 5.75. The van der Waals surface area contributed by atoms with Gasteiger partial charge in [-0.05, 0) is 12.0 Å². The number of aromatic nitrogens is 3. The lowest BCUT2D eigenvalue weighted by atomic mass is 10.1. The van der Waals surface area contributed by atoms with Gasteiger partial charge >= 0.3 is 0 Å². The fraction of sp³-hybridized carbons (Fsp3) is 0.308. The normalized spacial score (nSPS) is 10.9. The Morgan fingerprint density at radius 3 is 2.61 bits per heavy atom. The van der Waals surface area contributed by atoms with Crippen molar-refractivity contribution in [2.24, 2.45) is 7.05 Å². The van der Waals surface area contributed by atoms with Gasteiger partial charge in [0.1, 0.15) is 5.82 Å². The Kier molecular flexibility index (Phi) is 3.14. The minimum Gasteiger partial charge on any atom is -0.302 e. The summed E-state index contributed by atoms with van der Waals surface area (Å²) in [5.74, 6) is 0.488. The SMILES string of the molecule is CC(C)c1cccn(-c2cc(=O)n(C)cn2)c1=O. The lowest BCUT2D eigenvalue weighted by molar-refractivity contribution is 0.781. The highest BCUT2D eigenvalue weighted by Crippen LogP contribution is 2.09. The lowest BCUT2D eigenvalue weighted by Crippen LogP contribution is -2.25. The van der Waals surface area contributed by atoms with E-state index in [-0.39, 0.29) is 17.0 Å². The molecule has 0 atom stereocenters. The van der Waals surface area contributed by atoms with Crippen molar-refractivity contribution < 1.29 is 0 Å². The summed E-state index contributed by atoms with van der Waals surface area (Å²) in [6, 6.07) is 4.94. The highest BCUT2D eigenvalue weighted by Gasteiger charge is 2.09. The molecular formula is C13H15N3O2. The maximum Gasteiger partial charge on any atom is 0.259 e. The van der Waals surface area contributed by atoms with E-state index in [4.69, 9.17) is 0 Å². The first kappa shape index (κ1) is 12.3. The molecule has 0 amide bonds. The maximum absolute atomic E-state index is 12.2. The van der Waals surface area contributed by atoms with E-state index in [9.17, 15) is 9.59 Å². The Balaban J connectivity index is 2.65. The monoisotopic (exact) mass is 245 g/mol. The number of hydrogen-bond acceptors (Lipinski definition) is 3. The molecule has 0 bridgehead atoms. The molecule has 5 heteroatoms. The molecule has 5 nitrogen and oxygen atoms in total. The molecule has 0 saturated carbocycles. The van der Waals surface area contributed by atoms with Gasteiger partial charge in [0.2, 0.25) is 0 Å². The zero-order chi connectivity index (χ0) is 13.3. The Hall–Kier alpha value is -2.17. The fourth-order valence-electron chi connectivity index (χ4n) is 1.71. The van der Waals surface area contributed by atoms with E-state index in [1.807, 2.05) is 13.8 Å². The van der Waals surface area contributed by atoms with Crippen LogP contribution in [0.25, 0.3) is 5.82 Å². The van der Waals surface area contributed by atoms with Gasteiger partial charge in [0, 0.05) is 24.9 Å². The van der Waals surface area contributed by atoms with Gasteiger partial charge in [0.15, 0.2) is 0 Å². The van der Waals surface area contributed by atoms with Crippen molar-refractivity contribution >= 4 is 0 Å². The van der Waals surface area contributed by atoms with E-state index in [0.717, 1.165) is 0 Å². The summed E-state index contributed by atoms with van der Waals surface area (Å²) in [4.78, 5) is 27.9. The molecule has 0 fully saturated rings. The molecular weight excluding hydrogens is 230 g/mol. The minimum atomic E-state index is -0.193. The second-order valence-electron chi connectivity index (χ2n) is 4.49. The van der Waals surface area contributed by atoms with Gasteiger partial charge in [-0.25, -0.2) is 4.98 Å². The number of nitrogens with zero attached hydrogens (tertiary/aromatic N) is 3. The quantitative estimate of drug-likeness (QED) is 0.794. The van der Waals surface area contributed by atoms with Gasteiger partial charge < -0.3 is 4.57 Å². The Morgan fingerprint density at radius 2 is 2.00 bits per heavy atom. The highest BCUT2D eigenvalue weighted by atomic mass is 16.1. The molecule has 18 heavy (non-hydrogen) atoms. The summed E-state index contributed by atoms with van der Waals surface area (Å²) >= 11 is 0. The number of aryl methyl sites for hydroxylation is 1. The molecule has 2 heterocycles. The van der Waals surface area contributed by atoms with E-state index in [1.165, 1.54) is 21.5 Å². The van der Waals surface area contributed by atoms with Crippen molar-refractivity contribution in [1.82, 2.24) is 14.1 Å². The molecule has 2 aromatic heterocycles. The van der Waals surface area contributed by atoms with Crippen LogP contribution in [0.15, 0.2) is 40.3 Å². The molecule has 0 unspecified atom stereocenters. The molecule has 0 saturated heterocycles. The molecule has 94 valence electrons. The number of pyridine rings is 1. The highest BCUT2D eigenvalue weighted by molar-refractivity contribution is 5.25. The van der Waals surface area contributed by atoms with Crippen molar-refractivity contribution in [3.8, 4) is 5.82 Å². The Morgan fingerprint density at radius 1 is 1.28 bits per heavy atom. The average Bonchev–Trinajstić information content (AvgIpc) is 2.33. The maximum atomic E-state index is 12.2. The standard InChI is InChI=1S/C13H15N3O2/c1-9(2)10-5-4-6-16(13(10)18)11-7-12(17)15(3)8-14-11/h4-9H,1-3H3. The van der Waals surface area contributed by atoms with Gasteiger partial charge in [-0.2, -0.15) is 0 Å². The van der Waals surface area contributed by atoms with Crippen LogP contribution in [0.1, 0.15) is 25.3 Å². The van der Waals surface area contributed by atoms with Gasteiger partial charge in [0.25, 0.3) is 11.1 Å². The molecule has 0 N–H and O–H groups in total. The third-order valence-corrected chi connectivity index (χ3v) is 2.81. The second-order valence-corrected chi connectivity index (χ2v) is 4.49. The number of rotatable bonds is 2. The van der Waals surface area contributed by atoms with Crippen LogP contribution in [0.2, 0.25) is 0 Å². The minimum absolute atomic E-state index is 0.131. The number of hydrogen-bond donors (Lipinski definition) is 0. The van der Waals surface area contributed by atoms with Crippen LogP contribution in [-0.4, -0.2) is 14.1 Å². The van der Waals surface area contributed by atoms with Crippen molar-refractivity contribution in [3.05, 3.63) is 57.0 Å². The summed E-state index contributed by atoms with van der Waals surface area (Å²) in [5, 5.41) is 0. The zero-order valence-corrected chi connectivity index (χ0v) is 10.6. The van der Waals surface area contributed by atoms with E-state index in [1.54, 1.807) is 25.4 Å². The summed E-state index contributed by atoms with van der Waals surface area (Å²) in [6.07, 6.45) is 3.03. The van der Waals surface area contributed by atoms with Crippen molar-refractivity contribution in [2.75, 3.05) is 0 Å². The predicted octanol–water partition coefficient (Wildman–Crippen LogP) is 1.05. The molecule has 0 aliphatic rings. The molecule has 0 aliphatic carbocycles. The van der Waals surface area contributed by atoms with Gasteiger partial charge in [-0.3, -0.25) is 14.2 Å². The van der Waals surface area contributed by atoms with Crippen LogP contribution in [0.4, 0.5) is 0 Å².